The molecule has 3 heterocycles. The van der Waals surface area contributed by atoms with Crippen LogP contribution in [0.5, 0.6) is 0 Å². The molecule has 4 nitrogen and oxygen atoms in total. The molecule has 4 rings (SSSR count). The number of amides is 1. The normalized spacial score (nSPS) is 23.3. The standard InChI is InChI=1S/C19H23N3OS/c1-2-18-20-9-11-22(18)15-7-5-10-21(13-15)19(23)17-12-14-6-3-4-8-16(14)24-17/h3-4,6,8-9,11,15,17H,2,5,7,10,12-13H2,1H3/t15-,17-/m0/s1. The van der Waals surface area contributed by atoms with Gasteiger partial charge in [-0.05, 0) is 30.9 Å². The van der Waals surface area contributed by atoms with E-state index in [-0.39, 0.29) is 5.25 Å². The van der Waals surface area contributed by atoms with E-state index in [1.54, 1.807) is 11.8 Å². The first-order valence-corrected chi connectivity index (χ1v) is 9.69. The van der Waals surface area contributed by atoms with Crippen LogP contribution >= 0.6 is 11.8 Å². The van der Waals surface area contributed by atoms with Crippen molar-refractivity contribution in [1.82, 2.24) is 14.5 Å². The number of rotatable bonds is 3. The lowest BCUT2D eigenvalue weighted by Crippen LogP contribution is -2.44. The van der Waals surface area contributed by atoms with E-state index in [1.807, 2.05) is 6.20 Å². The molecular weight excluding hydrogens is 318 g/mol. The topological polar surface area (TPSA) is 38.1 Å². The zero-order valence-corrected chi connectivity index (χ0v) is 14.8. The predicted octanol–water partition coefficient (Wildman–Crippen LogP) is 3.33. The van der Waals surface area contributed by atoms with Crippen molar-refractivity contribution in [1.29, 1.82) is 0 Å². The lowest BCUT2D eigenvalue weighted by Gasteiger charge is -2.35. The molecule has 24 heavy (non-hydrogen) atoms. The molecule has 0 saturated carbocycles. The van der Waals surface area contributed by atoms with Crippen molar-refractivity contribution < 1.29 is 4.79 Å². The Kier molecular flexibility index (Phi) is 4.35. The number of likely N-dealkylation sites (tertiary alicyclic amines) is 1. The summed E-state index contributed by atoms with van der Waals surface area (Å²) in [7, 11) is 0. The molecule has 2 atom stereocenters. The molecule has 1 aromatic carbocycles. The van der Waals surface area contributed by atoms with E-state index in [0.29, 0.717) is 11.9 Å². The molecule has 1 aromatic heterocycles. The molecule has 0 bridgehead atoms. The average molecular weight is 341 g/mol. The summed E-state index contributed by atoms with van der Waals surface area (Å²) in [5.74, 6) is 1.43. The Morgan fingerprint density at radius 3 is 3.08 bits per heavy atom. The van der Waals surface area contributed by atoms with Gasteiger partial charge in [-0.1, -0.05) is 25.1 Å². The maximum absolute atomic E-state index is 13.0. The van der Waals surface area contributed by atoms with Gasteiger partial charge in [-0.25, -0.2) is 4.98 Å². The highest BCUT2D eigenvalue weighted by Crippen LogP contribution is 2.38. The molecule has 5 heteroatoms. The second-order valence-corrected chi connectivity index (χ2v) is 7.85. The number of piperidine rings is 1. The number of imidazole rings is 1. The van der Waals surface area contributed by atoms with Gasteiger partial charge in [0, 0.05) is 36.8 Å². The molecule has 0 spiro atoms. The van der Waals surface area contributed by atoms with E-state index in [1.165, 1.54) is 10.5 Å². The molecule has 126 valence electrons. The second kappa shape index (κ2) is 6.63. The summed E-state index contributed by atoms with van der Waals surface area (Å²) in [6.45, 7) is 3.84. The molecule has 1 amide bonds. The van der Waals surface area contributed by atoms with Crippen LogP contribution in [0.4, 0.5) is 0 Å². The van der Waals surface area contributed by atoms with Gasteiger partial charge in [0.25, 0.3) is 0 Å². The van der Waals surface area contributed by atoms with Gasteiger partial charge in [0.15, 0.2) is 0 Å². The van der Waals surface area contributed by atoms with Crippen LogP contribution in [0.1, 0.15) is 37.2 Å². The van der Waals surface area contributed by atoms with Crippen LogP contribution in [0.3, 0.4) is 0 Å². The highest BCUT2D eigenvalue weighted by atomic mass is 32.2. The van der Waals surface area contributed by atoms with E-state index < -0.39 is 0 Å². The summed E-state index contributed by atoms with van der Waals surface area (Å²) in [6.07, 6.45) is 7.95. The Morgan fingerprint density at radius 1 is 1.38 bits per heavy atom. The van der Waals surface area contributed by atoms with E-state index >= 15 is 0 Å². The third-order valence-corrected chi connectivity index (χ3v) is 6.39. The average Bonchev–Trinajstić information content (AvgIpc) is 3.27. The first-order chi connectivity index (χ1) is 11.8. The van der Waals surface area contributed by atoms with Gasteiger partial charge in [-0.15, -0.1) is 11.8 Å². The monoisotopic (exact) mass is 341 g/mol. The molecule has 2 aromatic rings. The zero-order chi connectivity index (χ0) is 16.5. The Bertz CT molecular complexity index is 717. The Labute approximate surface area is 147 Å². The van der Waals surface area contributed by atoms with Crippen LogP contribution in [0.25, 0.3) is 0 Å². The van der Waals surface area contributed by atoms with Crippen LogP contribution < -0.4 is 0 Å². The van der Waals surface area contributed by atoms with Crippen molar-refractivity contribution >= 4 is 17.7 Å². The van der Waals surface area contributed by atoms with Crippen molar-refractivity contribution in [2.45, 2.75) is 48.8 Å². The Balaban J connectivity index is 1.46. The minimum absolute atomic E-state index is 0.0505. The lowest BCUT2D eigenvalue weighted by atomic mass is 10.0. The Hall–Kier alpha value is -1.75. The van der Waals surface area contributed by atoms with Crippen molar-refractivity contribution in [3.8, 4) is 0 Å². The molecule has 1 fully saturated rings. The minimum Gasteiger partial charge on any atom is -0.340 e. The van der Waals surface area contributed by atoms with Crippen molar-refractivity contribution in [3.05, 3.63) is 48.0 Å². The SMILES string of the molecule is CCc1nccn1[C@H]1CCCN(C(=O)[C@@H]2Cc3ccccc3S2)C1. The molecule has 0 aliphatic carbocycles. The summed E-state index contributed by atoms with van der Waals surface area (Å²) in [5.41, 5.74) is 1.32. The van der Waals surface area contributed by atoms with Gasteiger partial charge in [-0.3, -0.25) is 4.79 Å². The summed E-state index contributed by atoms with van der Waals surface area (Å²) in [4.78, 5) is 20.8. The summed E-state index contributed by atoms with van der Waals surface area (Å²) >= 11 is 1.73. The molecule has 2 aliphatic heterocycles. The predicted molar refractivity (Wildman–Crippen MR) is 96.2 cm³/mol. The zero-order valence-electron chi connectivity index (χ0n) is 14.0. The number of thioether (sulfide) groups is 1. The van der Waals surface area contributed by atoms with Gasteiger partial charge < -0.3 is 9.47 Å². The van der Waals surface area contributed by atoms with E-state index in [4.69, 9.17) is 0 Å². The number of carbonyl (C=O) groups is 1. The van der Waals surface area contributed by atoms with Crippen LogP contribution in [-0.2, 0) is 17.6 Å². The number of aryl methyl sites for hydroxylation is 1. The van der Waals surface area contributed by atoms with E-state index in [0.717, 1.165) is 44.6 Å². The quantitative estimate of drug-likeness (QED) is 0.859. The first-order valence-electron chi connectivity index (χ1n) is 8.81. The maximum Gasteiger partial charge on any atom is 0.236 e. The number of fused-ring (bicyclic) bond motifs is 1. The van der Waals surface area contributed by atoms with E-state index in [2.05, 4.69) is 51.8 Å². The molecular formula is C19H23N3OS. The number of nitrogens with zero attached hydrogens (tertiary/aromatic N) is 3. The first kappa shape index (κ1) is 15.8. The van der Waals surface area contributed by atoms with Crippen LogP contribution in [0.2, 0.25) is 0 Å². The highest BCUT2D eigenvalue weighted by molar-refractivity contribution is 8.01. The fourth-order valence-corrected chi connectivity index (χ4v) is 5.13. The number of hydrogen-bond donors (Lipinski definition) is 0. The van der Waals surface area contributed by atoms with Crippen LogP contribution in [0, 0.1) is 0 Å². The molecule has 2 aliphatic rings. The molecule has 0 N–H and O–H groups in total. The summed E-state index contributed by atoms with van der Waals surface area (Å²) < 4.78 is 2.27. The highest BCUT2D eigenvalue weighted by Gasteiger charge is 2.34. The summed E-state index contributed by atoms with van der Waals surface area (Å²) in [6, 6.07) is 8.77. The third-order valence-electron chi connectivity index (χ3n) is 5.09. The fraction of sp³-hybridized carbons (Fsp3) is 0.474. The number of carbonyl (C=O) groups excluding carboxylic acids is 1. The number of hydrogen-bond acceptors (Lipinski definition) is 3. The lowest BCUT2D eigenvalue weighted by molar-refractivity contribution is -0.132. The van der Waals surface area contributed by atoms with Crippen molar-refractivity contribution in [2.75, 3.05) is 13.1 Å². The smallest absolute Gasteiger partial charge is 0.236 e. The van der Waals surface area contributed by atoms with Gasteiger partial charge in [0.1, 0.15) is 5.82 Å². The molecule has 0 radical (unpaired) electrons. The van der Waals surface area contributed by atoms with E-state index in [9.17, 15) is 4.79 Å². The summed E-state index contributed by atoms with van der Waals surface area (Å²) in [5, 5.41) is 0.0505. The molecule has 1 saturated heterocycles. The molecule has 0 unspecified atom stereocenters. The van der Waals surface area contributed by atoms with Crippen molar-refractivity contribution in [3.63, 3.8) is 0 Å². The van der Waals surface area contributed by atoms with Gasteiger partial charge in [-0.2, -0.15) is 0 Å². The van der Waals surface area contributed by atoms with Gasteiger partial charge in [0.05, 0.1) is 11.3 Å². The maximum atomic E-state index is 13.0. The van der Waals surface area contributed by atoms with Crippen LogP contribution in [-0.4, -0.2) is 38.7 Å². The van der Waals surface area contributed by atoms with Gasteiger partial charge >= 0.3 is 0 Å². The number of aromatic nitrogens is 2. The second-order valence-electron chi connectivity index (χ2n) is 6.60. The van der Waals surface area contributed by atoms with Crippen LogP contribution in [0.15, 0.2) is 41.6 Å². The largest absolute Gasteiger partial charge is 0.340 e. The van der Waals surface area contributed by atoms with Gasteiger partial charge in [0.2, 0.25) is 5.91 Å². The van der Waals surface area contributed by atoms with Crippen molar-refractivity contribution in [2.24, 2.45) is 0 Å². The fourth-order valence-electron chi connectivity index (χ4n) is 3.86. The number of benzene rings is 1. The third kappa shape index (κ3) is 2.86. The Morgan fingerprint density at radius 2 is 2.25 bits per heavy atom. The minimum atomic E-state index is 0.0505.